The monoisotopic (exact) mass is 346 g/mol. The summed E-state index contributed by atoms with van der Waals surface area (Å²) in [5.41, 5.74) is 8.85. The van der Waals surface area contributed by atoms with Crippen LogP contribution in [0.2, 0.25) is 0 Å². The normalized spacial score (nSPS) is 14.1. The van der Waals surface area contributed by atoms with E-state index in [0.29, 0.717) is 0 Å². The van der Waals surface area contributed by atoms with E-state index in [1.165, 1.54) is 28.1 Å². The second-order valence-electron chi connectivity index (χ2n) is 6.42. The lowest BCUT2D eigenvalue weighted by atomic mass is 9.98. The molecule has 0 fully saturated rings. The Morgan fingerprint density at radius 2 is 1.64 bits per heavy atom. The molecule has 0 amide bonds. The van der Waals surface area contributed by atoms with Gasteiger partial charge in [0.05, 0.1) is 22.8 Å². The molecular formula is C22H19ClN2. The highest BCUT2D eigenvalue weighted by Gasteiger charge is 2.29. The van der Waals surface area contributed by atoms with Gasteiger partial charge in [-0.15, -0.1) is 12.4 Å². The summed E-state index contributed by atoms with van der Waals surface area (Å²) in [5.74, 6) is 0. The summed E-state index contributed by atoms with van der Waals surface area (Å²) in [4.78, 5) is 7.52. The molecular weight excluding hydrogens is 328 g/mol. The van der Waals surface area contributed by atoms with Crippen LogP contribution in [0.15, 0.2) is 77.8 Å². The molecule has 2 aliphatic rings. The van der Waals surface area contributed by atoms with Gasteiger partial charge in [0.1, 0.15) is 0 Å². The van der Waals surface area contributed by atoms with Crippen molar-refractivity contribution in [3.63, 3.8) is 0 Å². The van der Waals surface area contributed by atoms with Gasteiger partial charge < -0.3 is 4.90 Å². The van der Waals surface area contributed by atoms with Crippen LogP contribution in [0, 0.1) is 0 Å². The average molecular weight is 347 g/mol. The Hall–Kier alpha value is -2.58. The molecule has 0 aliphatic carbocycles. The number of fused-ring (bicyclic) bond motifs is 2. The van der Waals surface area contributed by atoms with Gasteiger partial charge in [-0.3, -0.25) is 4.99 Å². The van der Waals surface area contributed by atoms with E-state index in [-0.39, 0.29) is 12.4 Å². The van der Waals surface area contributed by atoms with E-state index in [1.807, 2.05) is 0 Å². The maximum atomic E-state index is 5.08. The summed E-state index contributed by atoms with van der Waals surface area (Å²) in [6.07, 6.45) is 1.97. The van der Waals surface area contributed by atoms with E-state index in [2.05, 4.69) is 77.7 Å². The molecule has 0 atom stereocenters. The Kier molecular flexibility index (Phi) is 4.06. The van der Waals surface area contributed by atoms with Crippen LogP contribution in [-0.2, 0) is 12.8 Å². The van der Waals surface area contributed by atoms with E-state index in [4.69, 9.17) is 4.99 Å². The van der Waals surface area contributed by atoms with Crippen LogP contribution in [0.3, 0.4) is 0 Å². The lowest BCUT2D eigenvalue weighted by molar-refractivity contribution is 0.999. The van der Waals surface area contributed by atoms with Crippen LogP contribution in [0.25, 0.3) is 0 Å². The molecule has 0 saturated carbocycles. The lowest BCUT2D eigenvalue weighted by Gasteiger charge is -2.21. The summed E-state index contributed by atoms with van der Waals surface area (Å²) < 4.78 is 0. The highest BCUT2D eigenvalue weighted by Crippen LogP contribution is 2.44. The molecule has 0 N–H and O–H groups in total. The van der Waals surface area contributed by atoms with Crippen LogP contribution >= 0.6 is 12.4 Å². The zero-order valence-corrected chi connectivity index (χ0v) is 14.7. The Balaban J connectivity index is 0.00000157. The zero-order valence-electron chi connectivity index (χ0n) is 13.9. The van der Waals surface area contributed by atoms with Gasteiger partial charge in [-0.2, -0.15) is 0 Å². The second kappa shape index (κ2) is 6.38. The summed E-state index contributed by atoms with van der Waals surface area (Å²) in [5, 5.41) is 0. The number of para-hydroxylation sites is 3. The molecule has 5 rings (SSSR count). The highest BCUT2D eigenvalue weighted by atomic mass is 35.5. The average Bonchev–Trinajstić information content (AvgIpc) is 3.01. The van der Waals surface area contributed by atoms with Gasteiger partial charge in [-0.25, -0.2) is 0 Å². The minimum atomic E-state index is 0. The van der Waals surface area contributed by atoms with Gasteiger partial charge in [0.2, 0.25) is 0 Å². The first-order chi connectivity index (χ1) is 11.9. The first-order valence-electron chi connectivity index (χ1n) is 8.50. The van der Waals surface area contributed by atoms with Crippen LogP contribution in [0.4, 0.5) is 17.1 Å². The molecule has 3 heteroatoms. The number of rotatable bonds is 2. The van der Waals surface area contributed by atoms with Crippen molar-refractivity contribution in [3.05, 3.63) is 89.5 Å². The third-order valence-electron chi connectivity index (χ3n) is 4.95. The van der Waals surface area contributed by atoms with Crippen molar-refractivity contribution in [2.75, 3.05) is 11.4 Å². The molecule has 0 bridgehead atoms. The number of nitrogens with zero attached hydrogens (tertiary/aromatic N) is 2. The predicted octanol–water partition coefficient (Wildman–Crippen LogP) is 5.48. The van der Waals surface area contributed by atoms with Crippen molar-refractivity contribution >= 4 is 35.2 Å². The molecule has 2 nitrogen and oxygen atoms in total. The molecule has 0 radical (unpaired) electrons. The Morgan fingerprint density at radius 1 is 0.840 bits per heavy atom. The van der Waals surface area contributed by atoms with E-state index < -0.39 is 0 Å². The number of hydrogen-bond donors (Lipinski definition) is 0. The van der Waals surface area contributed by atoms with Crippen molar-refractivity contribution in [2.45, 2.75) is 12.8 Å². The van der Waals surface area contributed by atoms with Gasteiger partial charge in [-0.1, -0.05) is 60.7 Å². The van der Waals surface area contributed by atoms with Crippen molar-refractivity contribution in [1.82, 2.24) is 0 Å². The molecule has 2 aliphatic heterocycles. The van der Waals surface area contributed by atoms with Gasteiger partial charge in [0, 0.05) is 18.5 Å². The highest BCUT2D eigenvalue weighted by molar-refractivity contribution is 6.11. The van der Waals surface area contributed by atoms with Crippen molar-refractivity contribution in [2.24, 2.45) is 4.99 Å². The van der Waals surface area contributed by atoms with Crippen LogP contribution in [0.1, 0.15) is 16.7 Å². The van der Waals surface area contributed by atoms with Crippen LogP contribution in [0.5, 0.6) is 0 Å². The van der Waals surface area contributed by atoms with Crippen molar-refractivity contribution in [3.8, 4) is 0 Å². The second-order valence-corrected chi connectivity index (χ2v) is 6.42. The summed E-state index contributed by atoms with van der Waals surface area (Å²) in [7, 11) is 0. The fourth-order valence-corrected chi connectivity index (χ4v) is 3.85. The fourth-order valence-electron chi connectivity index (χ4n) is 3.85. The molecule has 0 unspecified atom stereocenters. The maximum Gasteiger partial charge on any atom is 0.0870 e. The number of anilines is 2. The van der Waals surface area contributed by atoms with Gasteiger partial charge in [0.15, 0.2) is 0 Å². The first-order valence-corrected chi connectivity index (χ1v) is 8.50. The van der Waals surface area contributed by atoms with E-state index >= 15 is 0 Å². The summed E-state index contributed by atoms with van der Waals surface area (Å²) in [6, 6.07) is 25.8. The minimum Gasteiger partial charge on any atom is -0.339 e. The fraction of sp³-hybridized carbons (Fsp3) is 0.136. The molecule has 3 aromatic rings. The Morgan fingerprint density at radius 3 is 2.52 bits per heavy atom. The van der Waals surface area contributed by atoms with Crippen LogP contribution in [-0.4, -0.2) is 12.3 Å². The van der Waals surface area contributed by atoms with E-state index in [9.17, 15) is 0 Å². The topological polar surface area (TPSA) is 15.6 Å². The molecule has 3 aromatic carbocycles. The molecule has 25 heavy (non-hydrogen) atoms. The standard InChI is InChI=1S/C22H18N2.ClH/c1-2-7-16(8-3-1)15-20-18-10-6-9-17-13-14-24(22(17)18)21-12-5-4-11-19(21)23-20;/h1-12H,13-15H2;1H. The number of benzene rings is 3. The quantitative estimate of drug-likeness (QED) is 0.600. The van der Waals surface area contributed by atoms with Gasteiger partial charge >= 0.3 is 0 Å². The third-order valence-corrected chi connectivity index (χ3v) is 4.95. The first kappa shape index (κ1) is 15.9. The van der Waals surface area contributed by atoms with Crippen LogP contribution < -0.4 is 4.90 Å². The SMILES string of the molecule is Cl.c1ccc(CC2=Nc3ccccc3N3CCc4cccc2c43)cc1. The summed E-state index contributed by atoms with van der Waals surface area (Å²) >= 11 is 0. The summed E-state index contributed by atoms with van der Waals surface area (Å²) in [6.45, 7) is 1.04. The largest absolute Gasteiger partial charge is 0.339 e. The van der Waals surface area contributed by atoms with Crippen molar-refractivity contribution < 1.29 is 0 Å². The number of aliphatic imine (C=N–C) groups is 1. The Labute approximate surface area is 154 Å². The van der Waals surface area contributed by atoms with Crippen molar-refractivity contribution in [1.29, 1.82) is 0 Å². The van der Waals surface area contributed by atoms with Gasteiger partial charge in [0.25, 0.3) is 0 Å². The zero-order chi connectivity index (χ0) is 15.9. The molecule has 0 spiro atoms. The molecule has 0 aromatic heterocycles. The molecule has 2 heterocycles. The minimum absolute atomic E-state index is 0. The lowest BCUT2D eigenvalue weighted by Crippen LogP contribution is -2.15. The molecule has 0 saturated heterocycles. The maximum absolute atomic E-state index is 5.08. The smallest absolute Gasteiger partial charge is 0.0870 e. The third kappa shape index (κ3) is 2.63. The van der Waals surface area contributed by atoms with Gasteiger partial charge in [-0.05, 0) is 29.7 Å². The number of hydrogen-bond acceptors (Lipinski definition) is 2. The van der Waals surface area contributed by atoms with E-state index in [0.717, 1.165) is 30.8 Å². The van der Waals surface area contributed by atoms with E-state index in [1.54, 1.807) is 0 Å². The Bertz CT molecular complexity index is 947. The predicted molar refractivity (Wildman–Crippen MR) is 107 cm³/mol. The molecule has 124 valence electrons. The number of halogens is 1.